The fourth-order valence-electron chi connectivity index (χ4n) is 1.32. The summed E-state index contributed by atoms with van der Waals surface area (Å²) in [6.45, 7) is 10.4. The van der Waals surface area contributed by atoms with E-state index in [2.05, 4.69) is 23.7 Å². The zero-order valence-corrected chi connectivity index (χ0v) is 6.64. The van der Waals surface area contributed by atoms with Crippen molar-refractivity contribution in [2.24, 2.45) is 0 Å². The van der Waals surface area contributed by atoms with Crippen molar-refractivity contribution in [2.75, 3.05) is 26.2 Å². The molecule has 0 saturated carbocycles. The summed E-state index contributed by atoms with van der Waals surface area (Å²) in [5.41, 5.74) is 0. The minimum atomic E-state index is 0.673. The van der Waals surface area contributed by atoms with E-state index in [9.17, 15) is 0 Å². The maximum absolute atomic E-state index is 3.73. The van der Waals surface area contributed by atoms with Crippen molar-refractivity contribution in [1.82, 2.24) is 10.2 Å². The van der Waals surface area contributed by atoms with Gasteiger partial charge in [-0.2, -0.15) is 0 Å². The van der Waals surface area contributed by atoms with Gasteiger partial charge in [0, 0.05) is 32.2 Å². The third-order valence-electron chi connectivity index (χ3n) is 2.00. The summed E-state index contributed by atoms with van der Waals surface area (Å²) in [4.78, 5) is 2.43. The maximum atomic E-state index is 3.73. The average Bonchev–Trinajstić information content (AvgIpc) is 1.94. The quantitative estimate of drug-likeness (QED) is 0.561. The lowest BCUT2D eigenvalue weighted by molar-refractivity contribution is 0.193. The van der Waals surface area contributed by atoms with Crippen molar-refractivity contribution in [1.29, 1.82) is 0 Å². The Morgan fingerprint density at radius 1 is 1.80 bits per heavy atom. The number of nitrogens with one attached hydrogen (secondary N) is 1. The topological polar surface area (TPSA) is 15.3 Å². The number of hydrogen-bond acceptors (Lipinski definition) is 2. The largest absolute Gasteiger partial charge is 0.314 e. The van der Waals surface area contributed by atoms with E-state index in [1.165, 1.54) is 0 Å². The zero-order chi connectivity index (χ0) is 7.40. The molecule has 1 fully saturated rings. The van der Waals surface area contributed by atoms with E-state index in [0.717, 1.165) is 26.2 Å². The normalized spacial score (nSPS) is 28.3. The van der Waals surface area contributed by atoms with Crippen LogP contribution in [0.5, 0.6) is 0 Å². The molecule has 1 saturated heterocycles. The molecule has 0 aromatic heterocycles. The Morgan fingerprint density at radius 2 is 2.60 bits per heavy atom. The van der Waals surface area contributed by atoms with Crippen LogP contribution in [-0.4, -0.2) is 37.1 Å². The summed E-state index contributed by atoms with van der Waals surface area (Å²) in [5.74, 6) is 0. The third-order valence-corrected chi connectivity index (χ3v) is 2.00. The van der Waals surface area contributed by atoms with Crippen molar-refractivity contribution in [3.8, 4) is 0 Å². The first-order chi connectivity index (χ1) is 4.84. The van der Waals surface area contributed by atoms with E-state index in [-0.39, 0.29) is 0 Å². The molecule has 0 aromatic carbocycles. The first-order valence-electron chi connectivity index (χ1n) is 3.90. The van der Waals surface area contributed by atoms with E-state index in [1.807, 2.05) is 6.08 Å². The van der Waals surface area contributed by atoms with Gasteiger partial charge in [0.1, 0.15) is 0 Å². The number of rotatable bonds is 2. The van der Waals surface area contributed by atoms with Crippen LogP contribution in [0.4, 0.5) is 0 Å². The summed E-state index contributed by atoms with van der Waals surface area (Å²) < 4.78 is 0. The van der Waals surface area contributed by atoms with Gasteiger partial charge >= 0.3 is 0 Å². The molecule has 1 heterocycles. The Kier molecular flexibility index (Phi) is 2.90. The molecular weight excluding hydrogens is 124 g/mol. The highest BCUT2D eigenvalue weighted by Gasteiger charge is 2.15. The van der Waals surface area contributed by atoms with Crippen molar-refractivity contribution in [2.45, 2.75) is 13.0 Å². The molecule has 1 aliphatic rings. The van der Waals surface area contributed by atoms with Crippen LogP contribution in [0, 0.1) is 0 Å². The molecule has 10 heavy (non-hydrogen) atoms. The molecule has 0 aliphatic carbocycles. The molecular formula is C8H16N2. The molecule has 1 N–H and O–H groups in total. The highest BCUT2D eigenvalue weighted by molar-refractivity contribution is 4.81. The minimum absolute atomic E-state index is 0.673. The number of hydrogen-bond donors (Lipinski definition) is 1. The molecule has 1 aliphatic heterocycles. The van der Waals surface area contributed by atoms with Gasteiger partial charge in [0.15, 0.2) is 0 Å². The Labute approximate surface area is 62.9 Å². The van der Waals surface area contributed by atoms with Gasteiger partial charge < -0.3 is 5.32 Å². The van der Waals surface area contributed by atoms with Gasteiger partial charge in [-0.05, 0) is 6.92 Å². The van der Waals surface area contributed by atoms with Crippen LogP contribution in [0.3, 0.4) is 0 Å². The van der Waals surface area contributed by atoms with E-state index in [1.54, 1.807) is 0 Å². The molecule has 0 unspecified atom stereocenters. The molecule has 0 bridgehead atoms. The lowest BCUT2D eigenvalue weighted by Gasteiger charge is -2.32. The smallest absolute Gasteiger partial charge is 0.0196 e. The summed E-state index contributed by atoms with van der Waals surface area (Å²) >= 11 is 0. The molecule has 1 rings (SSSR count). The highest BCUT2D eigenvalue weighted by atomic mass is 15.2. The van der Waals surface area contributed by atoms with Crippen LogP contribution in [0.25, 0.3) is 0 Å². The maximum Gasteiger partial charge on any atom is 0.0196 e. The predicted octanol–water partition coefficient (Wildman–Crippen LogP) is 0.466. The lowest BCUT2D eigenvalue weighted by atomic mass is 10.2. The molecule has 2 heteroatoms. The fourth-order valence-corrected chi connectivity index (χ4v) is 1.32. The second-order valence-corrected chi connectivity index (χ2v) is 2.84. The number of nitrogens with zero attached hydrogens (tertiary/aromatic N) is 1. The molecule has 1 atom stereocenters. The number of piperazine rings is 1. The van der Waals surface area contributed by atoms with E-state index in [4.69, 9.17) is 0 Å². The Balaban J connectivity index is 2.32. The average molecular weight is 140 g/mol. The van der Waals surface area contributed by atoms with Crippen molar-refractivity contribution in [3.63, 3.8) is 0 Å². The van der Waals surface area contributed by atoms with E-state index < -0.39 is 0 Å². The second kappa shape index (κ2) is 3.74. The van der Waals surface area contributed by atoms with Crippen LogP contribution >= 0.6 is 0 Å². The molecule has 2 nitrogen and oxygen atoms in total. The van der Waals surface area contributed by atoms with Crippen molar-refractivity contribution in [3.05, 3.63) is 12.7 Å². The Morgan fingerprint density at radius 3 is 3.20 bits per heavy atom. The molecule has 0 radical (unpaired) electrons. The molecule has 0 aromatic rings. The lowest BCUT2D eigenvalue weighted by Crippen LogP contribution is -2.49. The minimum Gasteiger partial charge on any atom is -0.314 e. The molecule has 58 valence electrons. The van der Waals surface area contributed by atoms with E-state index >= 15 is 0 Å². The summed E-state index contributed by atoms with van der Waals surface area (Å²) in [7, 11) is 0. The first-order valence-corrected chi connectivity index (χ1v) is 3.90. The van der Waals surface area contributed by atoms with Crippen LogP contribution in [0.1, 0.15) is 6.92 Å². The van der Waals surface area contributed by atoms with E-state index in [0.29, 0.717) is 6.04 Å². The molecule has 0 amide bonds. The summed E-state index contributed by atoms with van der Waals surface area (Å²) in [6.07, 6.45) is 1.97. The van der Waals surface area contributed by atoms with Crippen LogP contribution in [-0.2, 0) is 0 Å². The van der Waals surface area contributed by atoms with Gasteiger partial charge in [-0.3, -0.25) is 4.90 Å². The molecule has 0 spiro atoms. The van der Waals surface area contributed by atoms with Gasteiger partial charge in [0.05, 0.1) is 0 Å². The summed E-state index contributed by atoms with van der Waals surface area (Å²) in [6, 6.07) is 0.673. The van der Waals surface area contributed by atoms with Crippen molar-refractivity contribution < 1.29 is 0 Å². The highest BCUT2D eigenvalue weighted by Crippen LogP contribution is 2.00. The second-order valence-electron chi connectivity index (χ2n) is 2.84. The Hall–Kier alpha value is -0.340. The SMILES string of the molecule is C=CCN1CCNC[C@@H]1C. The van der Waals surface area contributed by atoms with Gasteiger partial charge in [-0.1, -0.05) is 6.08 Å². The van der Waals surface area contributed by atoms with Gasteiger partial charge in [0.25, 0.3) is 0 Å². The zero-order valence-electron chi connectivity index (χ0n) is 6.64. The fraction of sp³-hybridized carbons (Fsp3) is 0.750. The monoisotopic (exact) mass is 140 g/mol. The van der Waals surface area contributed by atoms with Crippen molar-refractivity contribution >= 4 is 0 Å². The van der Waals surface area contributed by atoms with Crippen LogP contribution in [0.2, 0.25) is 0 Å². The van der Waals surface area contributed by atoms with Gasteiger partial charge in [-0.15, -0.1) is 6.58 Å². The van der Waals surface area contributed by atoms with Gasteiger partial charge in [0.2, 0.25) is 0 Å². The standard InChI is InChI=1S/C8H16N2/c1-3-5-10-6-4-9-7-8(10)2/h3,8-9H,1,4-7H2,2H3/t8-/m0/s1. The predicted molar refractivity (Wildman–Crippen MR) is 44.1 cm³/mol. The Bertz CT molecular complexity index is 112. The first kappa shape index (κ1) is 7.76. The van der Waals surface area contributed by atoms with Crippen LogP contribution in [0.15, 0.2) is 12.7 Å². The summed E-state index contributed by atoms with van der Waals surface area (Å²) in [5, 5.41) is 3.35. The third kappa shape index (κ3) is 1.82. The van der Waals surface area contributed by atoms with Crippen LogP contribution < -0.4 is 5.32 Å². The van der Waals surface area contributed by atoms with Gasteiger partial charge in [-0.25, -0.2) is 0 Å².